The molecule has 1 saturated carbocycles. The molecule has 0 aromatic carbocycles. The minimum atomic E-state index is 0.707. The lowest BCUT2D eigenvalue weighted by Crippen LogP contribution is -2.47. The van der Waals surface area contributed by atoms with Crippen molar-refractivity contribution in [1.29, 1.82) is 0 Å². The van der Waals surface area contributed by atoms with Crippen LogP contribution in [0.15, 0.2) is 0 Å². The molecule has 2 rings (SSSR count). The fourth-order valence-corrected chi connectivity index (χ4v) is 4.15. The van der Waals surface area contributed by atoms with Crippen molar-refractivity contribution in [2.24, 2.45) is 5.92 Å². The summed E-state index contributed by atoms with van der Waals surface area (Å²) in [6, 6.07) is 1.51. The molecule has 0 amide bonds. The summed E-state index contributed by atoms with van der Waals surface area (Å²) in [4.78, 5) is 2.68. The molecule has 0 aromatic rings. The third-order valence-corrected chi connectivity index (χ3v) is 5.39. The van der Waals surface area contributed by atoms with Crippen LogP contribution in [0.4, 0.5) is 0 Å². The molecule has 2 heteroatoms. The second-order valence-corrected chi connectivity index (χ2v) is 7.20. The van der Waals surface area contributed by atoms with Crippen LogP contribution in [0.3, 0.4) is 0 Å². The molecular weight excluding hydrogens is 244 g/mol. The molecule has 1 aliphatic carbocycles. The SMILES string of the molecule is CCCN1CCCC(C(C)NC2CCCCCCC2)C1. The highest BCUT2D eigenvalue weighted by atomic mass is 15.1. The molecule has 2 fully saturated rings. The standard InChI is InChI=1S/C18H36N2/c1-3-13-20-14-9-10-17(15-20)16(2)19-18-11-7-5-4-6-8-12-18/h16-19H,3-15H2,1-2H3. The Labute approximate surface area is 126 Å². The number of likely N-dealkylation sites (tertiary alicyclic amines) is 1. The molecular formula is C18H36N2. The van der Waals surface area contributed by atoms with E-state index in [0.29, 0.717) is 6.04 Å². The summed E-state index contributed by atoms with van der Waals surface area (Å²) >= 11 is 0. The van der Waals surface area contributed by atoms with Crippen molar-refractivity contribution in [3.8, 4) is 0 Å². The Morgan fingerprint density at radius 2 is 1.70 bits per heavy atom. The fourth-order valence-electron chi connectivity index (χ4n) is 4.15. The summed E-state index contributed by atoms with van der Waals surface area (Å²) < 4.78 is 0. The van der Waals surface area contributed by atoms with Crippen molar-refractivity contribution < 1.29 is 0 Å². The Kier molecular flexibility index (Phi) is 7.37. The van der Waals surface area contributed by atoms with Gasteiger partial charge in [0.25, 0.3) is 0 Å². The Morgan fingerprint density at radius 1 is 1.00 bits per heavy atom. The fraction of sp³-hybridized carbons (Fsp3) is 1.00. The average Bonchev–Trinajstić information content (AvgIpc) is 2.42. The molecule has 0 aromatic heterocycles. The van der Waals surface area contributed by atoms with Gasteiger partial charge in [0.1, 0.15) is 0 Å². The van der Waals surface area contributed by atoms with Gasteiger partial charge in [-0.2, -0.15) is 0 Å². The minimum Gasteiger partial charge on any atom is -0.311 e. The van der Waals surface area contributed by atoms with Crippen LogP contribution in [0.2, 0.25) is 0 Å². The first-order chi connectivity index (χ1) is 9.79. The van der Waals surface area contributed by atoms with E-state index in [4.69, 9.17) is 0 Å². The van der Waals surface area contributed by atoms with Crippen molar-refractivity contribution in [2.45, 2.75) is 90.1 Å². The number of hydrogen-bond acceptors (Lipinski definition) is 2. The van der Waals surface area contributed by atoms with Crippen LogP contribution in [0.5, 0.6) is 0 Å². The first kappa shape index (κ1) is 16.3. The van der Waals surface area contributed by atoms with Crippen LogP contribution >= 0.6 is 0 Å². The molecule has 2 nitrogen and oxygen atoms in total. The third-order valence-electron chi connectivity index (χ3n) is 5.39. The summed E-state index contributed by atoms with van der Waals surface area (Å²) in [5.41, 5.74) is 0. The Morgan fingerprint density at radius 3 is 2.40 bits per heavy atom. The largest absolute Gasteiger partial charge is 0.311 e. The van der Waals surface area contributed by atoms with E-state index in [1.54, 1.807) is 0 Å². The summed E-state index contributed by atoms with van der Waals surface area (Å²) in [5, 5.41) is 3.99. The lowest BCUT2D eigenvalue weighted by Gasteiger charge is -2.37. The molecule has 1 saturated heterocycles. The molecule has 2 unspecified atom stereocenters. The Bertz CT molecular complexity index is 244. The molecule has 0 bridgehead atoms. The summed E-state index contributed by atoms with van der Waals surface area (Å²) in [5.74, 6) is 0.876. The average molecular weight is 280 g/mol. The maximum absolute atomic E-state index is 3.99. The predicted octanol–water partition coefficient (Wildman–Crippen LogP) is 4.20. The first-order valence-electron chi connectivity index (χ1n) is 9.28. The normalized spacial score (nSPS) is 28.8. The second-order valence-electron chi connectivity index (χ2n) is 7.20. The maximum Gasteiger partial charge on any atom is 0.00818 e. The lowest BCUT2D eigenvalue weighted by atomic mass is 9.89. The first-order valence-corrected chi connectivity index (χ1v) is 9.28. The van der Waals surface area contributed by atoms with Gasteiger partial charge in [-0.25, -0.2) is 0 Å². The summed E-state index contributed by atoms with van der Waals surface area (Å²) in [6.45, 7) is 8.71. The van der Waals surface area contributed by atoms with Gasteiger partial charge in [-0.3, -0.25) is 0 Å². The van der Waals surface area contributed by atoms with Crippen LogP contribution in [0, 0.1) is 5.92 Å². The quantitative estimate of drug-likeness (QED) is 0.812. The van der Waals surface area contributed by atoms with Gasteiger partial charge in [0.2, 0.25) is 0 Å². The highest BCUT2D eigenvalue weighted by Gasteiger charge is 2.25. The molecule has 0 spiro atoms. The van der Waals surface area contributed by atoms with Gasteiger partial charge in [0, 0.05) is 18.6 Å². The zero-order chi connectivity index (χ0) is 14.2. The Balaban J connectivity index is 1.75. The van der Waals surface area contributed by atoms with Crippen LogP contribution in [-0.4, -0.2) is 36.6 Å². The maximum atomic E-state index is 3.99. The van der Waals surface area contributed by atoms with E-state index in [1.807, 2.05) is 0 Å². The van der Waals surface area contributed by atoms with E-state index < -0.39 is 0 Å². The van der Waals surface area contributed by atoms with E-state index in [1.165, 1.54) is 83.8 Å². The molecule has 2 atom stereocenters. The van der Waals surface area contributed by atoms with Gasteiger partial charge in [0.15, 0.2) is 0 Å². The van der Waals surface area contributed by atoms with Gasteiger partial charge < -0.3 is 10.2 Å². The zero-order valence-corrected chi connectivity index (χ0v) is 13.9. The molecule has 1 N–H and O–H groups in total. The van der Waals surface area contributed by atoms with Crippen molar-refractivity contribution in [3.05, 3.63) is 0 Å². The van der Waals surface area contributed by atoms with Crippen molar-refractivity contribution in [3.63, 3.8) is 0 Å². The molecule has 1 heterocycles. The van der Waals surface area contributed by atoms with Crippen LogP contribution in [0.1, 0.15) is 78.1 Å². The topological polar surface area (TPSA) is 15.3 Å². The van der Waals surface area contributed by atoms with E-state index in [0.717, 1.165) is 12.0 Å². The van der Waals surface area contributed by atoms with Crippen LogP contribution in [-0.2, 0) is 0 Å². The monoisotopic (exact) mass is 280 g/mol. The highest BCUT2D eigenvalue weighted by Crippen LogP contribution is 2.23. The number of nitrogens with zero attached hydrogens (tertiary/aromatic N) is 1. The summed E-state index contributed by atoms with van der Waals surface area (Å²) in [7, 11) is 0. The molecule has 0 radical (unpaired) electrons. The van der Waals surface area contributed by atoms with Gasteiger partial charge in [-0.15, -0.1) is 0 Å². The smallest absolute Gasteiger partial charge is 0.00818 e. The predicted molar refractivity (Wildman–Crippen MR) is 88.2 cm³/mol. The lowest BCUT2D eigenvalue weighted by molar-refractivity contribution is 0.144. The van der Waals surface area contributed by atoms with Gasteiger partial charge in [0.05, 0.1) is 0 Å². The second kappa shape index (κ2) is 9.04. The minimum absolute atomic E-state index is 0.707. The van der Waals surface area contributed by atoms with Gasteiger partial charge >= 0.3 is 0 Å². The molecule has 1 aliphatic heterocycles. The van der Waals surface area contributed by atoms with Gasteiger partial charge in [-0.1, -0.05) is 39.0 Å². The highest BCUT2D eigenvalue weighted by molar-refractivity contribution is 4.83. The van der Waals surface area contributed by atoms with E-state index >= 15 is 0 Å². The molecule has 118 valence electrons. The van der Waals surface area contributed by atoms with E-state index in [9.17, 15) is 0 Å². The number of hydrogen-bond donors (Lipinski definition) is 1. The number of piperidine rings is 1. The molecule has 2 aliphatic rings. The van der Waals surface area contributed by atoms with E-state index in [2.05, 4.69) is 24.1 Å². The van der Waals surface area contributed by atoms with Crippen molar-refractivity contribution >= 4 is 0 Å². The van der Waals surface area contributed by atoms with Gasteiger partial charge in [-0.05, 0) is 58.0 Å². The van der Waals surface area contributed by atoms with Crippen LogP contribution in [0.25, 0.3) is 0 Å². The van der Waals surface area contributed by atoms with E-state index in [-0.39, 0.29) is 0 Å². The zero-order valence-electron chi connectivity index (χ0n) is 13.9. The van der Waals surface area contributed by atoms with Crippen molar-refractivity contribution in [2.75, 3.05) is 19.6 Å². The third kappa shape index (κ3) is 5.37. The van der Waals surface area contributed by atoms with Crippen molar-refractivity contribution in [1.82, 2.24) is 10.2 Å². The van der Waals surface area contributed by atoms with Crippen LogP contribution < -0.4 is 5.32 Å². The Hall–Kier alpha value is -0.0800. The number of nitrogens with one attached hydrogen (secondary N) is 1. The number of rotatable bonds is 5. The summed E-state index contributed by atoms with van der Waals surface area (Å²) in [6.07, 6.45) is 14.2. The molecule has 20 heavy (non-hydrogen) atoms.